The van der Waals surface area contributed by atoms with Crippen molar-refractivity contribution in [2.45, 2.75) is 18.9 Å². The minimum atomic E-state index is -0.299. The summed E-state index contributed by atoms with van der Waals surface area (Å²) < 4.78 is 19.6. The highest BCUT2D eigenvalue weighted by atomic mass is 35.5. The molecule has 1 atom stereocenters. The normalized spacial score (nSPS) is 19.0. The lowest BCUT2D eigenvalue weighted by Crippen LogP contribution is -2.39. The average Bonchev–Trinajstić information content (AvgIpc) is 3.65. The highest BCUT2D eigenvalue weighted by Gasteiger charge is 2.27. The maximum atomic E-state index is 13.9. The molecule has 1 aromatic carbocycles. The van der Waals surface area contributed by atoms with E-state index in [1.807, 2.05) is 0 Å². The number of rotatable bonds is 5. The molecule has 2 aliphatic rings. The summed E-state index contributed by atoms with van der Waals surface area (Å²) in [5.41, 5.74) is 1.73. The lowest BCUT2D eigenvalue weighted by atomic mass is 10.1. The fraction of sp³-hybridized carbons (Fsp3) is 0.435. The van der Waals surface area contributed by atoms with Crippen LogP contribution in [0.3, 0.4) is 0 Å². The number of ether oxygens (including phenoxy) is 2. The number of benzene rings is 1. The number of nitrogens with zero attached hydrogens (tertiary/aromatic N) is 7. The molecule has 0 amide bonds. The van der Waals surface area contributed by atoms with Crippen molar-refractivity contribution in [2.75, 3.05) is 46.1 Å². The van der Waals surface area contributed by atoms with E-state index in [4.69, 9.17) is 25.6 Å². The van der Waals surface area contributed by atoms with Crippen LogP contribution in [0.25, 0.3) is 28.1 Å². The van der Waals surface area contributed by atoms with Crippen LogP contribution in [0.4, 0.5) is 0 Å². The van der Waals surface area contributed by atoms with E-state index >= 15 is 0 Å². The second-order valence-corrected chi connectivity index (χ2v) is 9.05. The van der Waals surface area contributed by atoms with Crippen LogP contribution in [0.1, 0.15) is 23.8 Å². The molecule has 12 heteroatoms. The number of morpholine rings is 1. The zero-order chi connectivity index (χ0) is 23.9. The van der Waals surface area contributed by atoms with Crippen LogP contribution < -0.4 is 5.56 Å². The van der Waals surface area contributed by atoms with Crippen LogP contribution in [0, 0.1) is 11.3 Å². The monoisotopic (exact) mass is 495 g/mol. The van der Waals surface area contributed by atoms with Crippen LogP contribution in [0.15, 0.2) is 27.8 Å². The minimum absolute atomic E-state index is 0.0384. The molecule has 35 heavy (non-hydrogen) atoms. The topological polar surface area (TPSA) is 124 Å². The van der Waals surface area contributed by atoms with Crippen molar-refractivity contribution in [1.29, 1.82) is 5.26 Å². The van der Waals surface area contributed by atoms with Crippen molar-refractivity contribution in [3.05, 3.63) is 45.3 Å². The maximum absolute atomic E-state index is 13.9. The third-order valence-electron chi connectivity index (χ3n) is 6.64. The van der Waals surface area contributed by atoms with Gasteiger partial charge in [0.25, 0.3) is 5.56 Å². The first-order chi connectivity index (χ1) is 17.2. The van der Waals surface area contributed by atoms with E-state index < -0.39 is 0 Å². The number of aromatic nitrogens is 5. The van der Waals surface area contributed by atoms with Gasteiger partial charge in [0.05, 0.1) is 47.4 Å². The Balaban J connectivity index is 1.52. The molecule has 0 aliphatic carbocycles. The fourth-order valence-corrected chi connectivity index (χ4v) is 4.96. The summed E-state index contributed by atoms with van der Waals surface area (Å²) >= 11 is 6.36. The van der Waals surface area contributed by atoms with Crippen LogP contribution in [0.2, 0.25) is 5.02 Å². The van der Waals surface area contributed by atoms with Gasteiger partial charge in [-0.15, -0.1) is 0 Å². The van der Waals surface area contributed by atoms with Gasteiger partial charge in [-0.3, -0.25) is 14.1 Å². The first-order valence-corrected chi connectivity index (χ1v) is 11.9. The molecule has 0 bridgehead atoms. The molecule has 0 N–H and O–H groups in total. The molecule has 180 valence electrons. The van der Waals surface area contributed by atoms with Gasteiger partial charge in [0.2, 0.25) is 11.7 Å². The molecular formula is C23H22ClN7O4. The van der Waals surface area contributed by atoms with E-state index in [9.17, 15) is 10.1 Å². The molecule has 6 rings (SSSR count). The molecule has 11 nitrogen and oxygen atoms in total. The van der Waals surface area contributed by atoms with Crippen molar-refractivity contribution in [2.24, 2.45) is 0 Å². The van der Waals surface area contributed by atoms with Gasteiger partial charge >= 0.3 is 0 Å². The minimum Gasteiger partial charge on any atom is -0.381 e. The number of nitriles is 1. The molecule has 0 saturated carbocycles. The van der Waals surface area contributed by atoms with Crippen molar-refractivity contribution < 1.29 is 14.0 Å². The third-order valence-corrected chi connectivity index (χ3v) is 6.95. The summed E-state index contributed by atoms with van der Waals surface area (Å²) in [4.78, 5) is 25.1. The predicted octanol–water partition coefficient (Wildman–Crippen LogP) is 2.06. The summed E-state index contributed by atoms with van der Waals surface area (Å²) in [5.74, 6) is 0.766. The second-order valence-electron chi connectivity index (χ2n) is 8.64. The van der Waals surface area contributed by atoms with E-state index in [1.165, 1.54) is 0 Å². The Bertz CT molecular complexity index is 1510. The van der Waals surface area contributed by atoms with Gasteiger partial charge < -0.3 is 18.6 Å². The van der Waals surface area contributed by atoms with Crippen LogP contribution >= 0.6 is 11.6 Å². The molecule has 4 aromatic rings. The number of fused-ring (bicyclic) bond motifs is 3. The van der Waals surface area contributed by atoms with Crippen molar-refractivity contribution >= 4 is 28.2 Å². The Hall–Kier alpha value is -3.30. The summed E-state index contributed by atoms with van der Waals surface area (Å²) in [6, 6.07) is 5.62. The molecule has 5 heterocycles. The van der Waals surface area contributed by atoms with Gasteiger partial charge in [0.15, 0.2) is 0 Å². The van der Waals surface area contributed by atoms with Crippen LogP contribution in [0.5, 0.6) is 0 Å². The smallest absolute Gasteiger partial charge is 0.277 e. The maximum Gasteiger partial charge on any atom is 0.277 e. The highest BCUT2D eigenvalue weighted by molar-refractivity contribution is 6.32. The molecule has 0 radical (unpaired) electrons. The number of hydrogen-bond acceptors (Lipinski definition) is 9. The van der Waals surface area contributed by atoms with Crippen molar-refractivity contribution in [3.63, 3.8) is 0 Å². The van der Waals surface area contributed by atoms with Crippen LogP contribution in [-0.4, -0.2) is 75.1 Å². The van der Waals surface area contributed by atoms with Gasteiger partial charge in [0.1, 0.15) is 23.6 Å². The molecule has 1 unspecified atom stereocenters. The number of imidazole rings is 1. The Morgan fingerprint density at radius 1 is 1.14 bits per heavy atom. The Morgan fingerprint density at radius 2 is 2.00 bits per heavy atom. The molecule has 2 fully saturated rings. The number of hydrogen-bond donors (Lipinski definition) is 0. The second kappa shape index (κ2) is 9.05. The van der Waals surface area contributed by atoms with Gasteiger partial charge in [0, 0.05) is 32.8 Å². The Kier molecular flexibility index (Phi) is 5.74. The third kappa shape index (κ3) is 3.79. The van der Waals surface area contributed by atoms with Crippen molar-refractivity contribution in [1.82, 2.24) is 29.0 Å². The summed E-state index contributed by atoms with van der Waals surface area (Å²) in [5, 5.41) is 14.3. The summed E-state index contributed by atoms with van der Waals surface area (Å²) in [6.45, 7) is 5.07. The Morgan fingerprint density at radius 3 is 2.77 bits per heavy atom. The molecule has 2 aliphatic heterocycles. The van der Waals surface area contributed by atoms with Crippen molar-refractivity contribution in [3.8, 4) is 17.6 Å². The van der Waals surface area contributed by atoms with Crippen LogP contribution in [-0.2, 0) is 16.0 Å². The SMILES string of the molecule is N#Cc1c(Cl)ccc2c1n(CCN1CCOCC1)c(=O)c1c(-c3noc(C4CCOC4)n3)ncn12. The van der Waals surface area contributed by atoms with Gasteiger partial charge in [-0.2, -0.15) is 10.2 Å². The summed E-state index contributed by atoms with van der Waals surface area (Å²) in [6.07, 6.45) is 2.35. The molecule has 0 spiro atoms. The quantitative estimate of drug-likeness (QED) is 0.409. The fourth-order valence-electron chi connectivity index (χ4n) is 4.76. The molecule has 2 saturated heterocycles. The summed E-state index contributed by atoms with van der Waals surface area (Å²) in [7, 11) is 0. The zero-order valence-electron chi connectivity index (χ0n) is 18.8. The standard InChI is InChI=1S/C23H22ClN7O4/c24-16-1-2-17-19(15(16)11-25)30(5-4-29-6-9-33-10-7-29)23(32)20-18(26-13-31(17)20)21-27-22(35-28-21)14-3-8-34-12-14/h1-2,13-14H,3-10,12H2. The lowest BCUT2D eigenvalue weighted by Gasteiger charge is -2.27. The van der Waals surface area contributed by atoms with Gasteiger partial charge in [-0.1, -0.05) is 16.8 Å². The lowest BCUT2D eigenvalue weighted by molar-refractivity contribution is 0.0364. The largest absolute Gasteiger partial charge is 0.381 e. The average molecular weight is 496 g/mol. The zero-order valence-corrected chi connectivity index (χ0v) is 19.6. The predicted molar refractivity (Wildman–Crippen MR) is 125 cm³/mol. The van der Waals surface area contributed by atoms with E-state index in [1.54, 1.807) is 27.4 Å². The number of halogens is 1. The van der Waals surface area contributed by atoms with Gasteiger partial charge in [-0.25, -0.2) is 4.98 Å². The van der Waals surface area contributed by atoms with Gasteiger partial charge in [-0.05, 0) is 18.6 Å². The Labute approximate surface area is 204 Å². The van der Waals surface area contributed by atoms with E-state index in [0.29, 0.717) is 72.7 Å². The van der Waals surface area contributed by atoms with E-state index in [2.05, 4.69) is 26.1 Å². The molecular weight excluding hydrogens is 474 g/mol. The van der Waals surface area contributed by atoms with E-state index in [-0.39, 0.29) is 22.9 Å². The van der Waals surface area contributed by atoms with E-state index in [0.717, 1.165) is 19.5 Å². The first kappa shape index (κ1) is 22.2. The first-order valence-electron chi connectivity index (χ1n) is 11.5. The highest BCUT2D eigenvalue weighted by Crippen LogP contribution is 2.30. The molecule has 3 aromatic heterocycles.